The Kier molecular flexibility index (Phi) is 1.40. The zero-order chi connectivity index (χ0) is 10.4. The molecule has 0 heterocycles. The Morgan fingerprint density at radius 1 is 0.933 bits per heavy atom. The van der Waals surface area contributed by atoms with Gasteiger partial charge < -0.3 is 0 Å². The van der Waals surface area contributed by atoms with Crippen molar-refractivity contribution in [1.82, 2.24) is 0 Å². The van der Waals surface area contributed by atoms with Crippen LogP contribution in [0.2, 0.25) is 0 Å². The van der Waals surface area contributed by atoms with Crippen molar-refractivity contribution in [3.05, 3.63) is 0 Å². The fraction of sp³-hybridized carbons (Fsp3) is 1.00. The first-order valence-corrected chi connectivity index (χ1v) is 7.02. The minimum Gasteiger partial charge on any atom is -0.0599 e. The Balaban J connectivity index is 1.68. The molecule has 0 saturated heterocycles. The van der Waals surface area contributed by atoms with Gasteiger partial charge in [-0.3, -0.25) is 0 Å². The Morgan fingerprint density at radius 3 is 2.27 bits per heavy atom. The lowest BCUT2D eigenvalue weighted by Crippen LogP contribution is -2.57. The lowest BCUT2D eigenvalue weighted by Gasteiger charge is -2.64. The fourth-order valence-electron chi connectivity index (χ4n) is 6.16. The molecule has 4 saturated carbocycles. The molecule has 0 aromatic heterocycles. The maximum atomic E-state index is 2.63. The van der Waals surface area contributed by atoms with Crippen LogP contribution in [-0.2, 0) is 0 Å². The van der Waals surface area contributed by atoms with Gasteiger partial charge in [-0.2, -0.15) is 0 Å². The molecule has 0 radical (unpaired) electrons. The molecule has 6 unspecified atom stereocenters. The average Bonchev–Trinajstić information content (AvgIpc) is 2.35. The third-order valence-corrected chi connectivity index (χ3v) is 7.08. The summed E-state index contributed by atoms with van der Waals surface area (Å²) in [7, 11) is 0. The van der Waals surface area contributed by atoms with E-state index in [0.29, 0.717) is 5.41 Å². The van der Waals surface area contributed by atoms with Crippen LogP contribution in [-0.4, -0.2) is 0 Å². The van der Waals surface area contributed by atoms with Gasteiger partial charge in [0, 0.05) is 0 Å². The number of fused-ring (bicyclic) bond motifs is 3. The molecular formula is C15H24. The Labute approximate surface area is 93.8 Å². The van der Waals surface area contributed by atoms with Crippen LogP contribution in [0, 0.1) is 40.4 Å². The molecular weight excluding hydrogens is 180 g/mol. The summed E-state index contributed by atoms with van der Waals surface area (Å²) >= 11 is 0. The third-order valence-electron chi connectivity index (χ3n) is 7.08. The van der Waals surface area contributed by atoms with Crippen LogP contribution < -0.4 is 0 Å². The zero-order valence-corrected chi connectivity index (χ0v) is 10.4. The standard InChI is InChI=1S/C15H24/c1-14(2)5-4-10-11(8-14)13-7-9-6-12(10)15(9,13)3/h9-13H,4-8H2,1-3H3. The summed E-state index contributed by atoms with van der Waals surface area (Å²) in [6, 6.07) is 0. The number of hydrogen-bond acceptors (Lipinski definition) is 0. The van der Waals surface area contributed by atoms with Gasteiger partial charge in [-0.05, 0) is 72.5 Å². The van der Waals surface area contributed by atoms with Gasteiger partial charge in [0.2, 0.25) is 0 Å². The van der Waals surface area contributed by atoms with Crippen molar-refractivity contribution >= 4 is 0 Å². The first kappa shape index (κ1) is 9.07. The van der Waals surface area contributed by atoms with Crippen molar-refractivity contribution in [2.45, 2.75) is 52.9 Å². The van der Waals surface area contributed by atoms with Crippen LogP contribution in [0.5, 0.6) is 0 Å². The van der Waals surface area contributed by atoms with Crippen molar-refractivity contribution in [1.29, 1.82) is 0 Å². The van der Waals surface area contributed by atoms with Gasteiger partial charge >= 0.3 is 0 Å². The van der Waals surface area contributed by atoms with Crippen molar-refractivity contribution in [2.75, 3.05) is 0 Å². The van der Waals surface area contributed by atoms with E-state index in [9.17, 15) is 0 Å². The zero-order valence-electron chi connectivity index (χ0n) is 10.4. The van der Waals surface area contributed by atoms with E-state index in [4.69, 9.17) is 0 Å². The largest absolute Gasteiger partial charge is 0.0599 e. The second kappa shape index (κ2) is 2.31. The van der Waals surface area contributed by atoms with Gasteiger partial charge in [-0.1, -0.05) is 20.8 Å². The van der Waals surface area contributed by atoms with E-state index in [-0.39, 0.29) is 0 Å². The quantitative estimate of drug-likeness (QED) is 0.557. The highest BCUT2D eigenvalue weighted by atomic mass is 14.8. The van der Waals surface area contributed by atoms with Crippen molar-refractivity contribution in [3.63, 3.8) is 0 Å². The molecule has 0 spiro atoms. The van der Waals surface area contributed by atoms with Gasteiger partial charge in [-0.25, -0.2) is 0 Å². The highest BCUT2D eigenvalue weighted by Gasteiger charge is 2.73. The van der Waals surface area contributed by atoms with E-state index in [1.54, 1.807) is 25.7 Å². The third kappa shape index (κ3) is 0.840. The molecule has 4 fully saturated rings. The molecule has 0 aromatic rings. The molecule has 4 aliphatic rings. The monoisotopic (exact) mass is 204 g/mol. The summed E-state index contributed by atoms with van der Waals surface area (Å²) in [5.74, 6) is 5.73. The minimum absolute atomic E-state index is 0.659. The first-order valence-electron chi connectivity index (χ1n) is 7.02. The molecule has 0 bridgehead atoms. The molecule has 4 aliphatic carbocycles. The lowest BCUT2D eigenvalue weighted by atomic mass is 9.41. The van der Waals surface area contributed by atoms with E-state index in [0.717, 1.165) is 35.0 Å². The first-order chi connectivity index (χ1) is 7.02. The number of hydrogen-bond donors (Lipinski definition) is 0. The maximum Gasteiger partial charge on any atom is -0.0235 e. The smallest absolute Gasteiger partial charge is 0.0235 e. The predicted octanol–water partition coefficient (Wildman–Crippen LogP) is 4.10. The second-order valence-corrected chi connectivity index (χ2v) is 7.98. The van der Waals surface area contributed by atoms with E-state index < -0.39 is 0 Å². The topological polar surface area (TPSA) is 0 Å². The summed E-state index contributed by atoms with van der Waals surface area (Å²) in [5, 5.41) is 0. The average molecular weight is 204 g/mol. The molecule has 0 nitrogen and oxygen atoms in total. The minimum atomic E-state index is 0.659. The highest BCUT2D eigenvalue weighted by molar-refractivity contribution is 5.21. The molecule has 0 aliphatic heterocycles. The lowest BCUT2D eigenvalue weighted by molar-refractivity contribution is -0.154. The van der Waals surface area contributed by atoms with Gasteiger partial charge in [0.05, 0.1) is 0 Å². The van der Waals surface area contributed by atoms with Gasteiger partial charge in [0.25, 0.3) is 0 Å². The molecule has 4 rings (SSSR count). The van der Waals surface area contributed by atoms with Gasteiger partial charge in [-0.15, -0.1) is 0 Å². The molecule has 15 heavy (non-hydrogen) atoms. The molecule has 0 N–H and O–H groups in total. The summed E-state index contributed by atoms with van der Waals surface area (Å²) in [6.07, 6.45) is 7.80. The van der Waals surface area contributed by atoms with Crippen molar-refractivity contribution in [3.8, 4) is 0 Å². The van der Waals surface area contributed by atoms with Crippen LogP contribution in [0.25, 0.3) is 0 Å². The van der Waals surface area contributed by atoms with Crippen molar-refractivity contribution in [2.24, 2.45) is 40.4 Å². The molecule has 84 valence electrons. The van der Waals surface area contributed by atoms with E-state index in [2.05, 4.69) is 20.8 Å². The normalized spacial score (nSPS) is 63.8. The SMILES string of the molecule is CC1(C)CCC2C(C1)C1CC3CC2C31C. The van der Waals surface area contributed by atoms with Gasteiger partial charge in [0.15, 0.2) is 0 Å². The van der Waals surface area contributed by atoms with E-state index >= 15 is 0 Å². The molecule has 0 heteroatoms. The Morgan fingerprint density at radius 2 is 1.60 bits per heavy atom. The van der Waals surface area contributed by atoms with E-state index in [1.807, 2.05) is 0 Å². The summed E-state index contributed by atoms with van der Waals surface area (Å²) in [6.45, 7) is 7.63. The van der Waals surface area contributed by atoms with Crippen molar-refractivity contribution < 1.29 is 0 Å². The Bertz CT molecular complexity index is 316. The van der Waals surface area contributed by atoms with Gasteiger partial charge in [0.1, 0.15) is 0 Å². The molecule has 0 amide bonds. The molecule has 0 aromatic carbocycles. The molecule has 6 atom stereocenters. The van der Waals surface area contributed by atoms with Crippen LogP contribution in [0.1, 0.15) is 52.9 Å². The summed E-state index contributed by atoms with van der Waals surface area (Å²) in [4.78, 5) is 0. The fourth-order valence-corrected chi connectivity index (χ4v) is 6.16. The van der Waals surface area contributed by atoms with Crippen LogP contribution in [0.15, 0.2) is 0 Å². The summed E-state index contributed by atoms with van der Waals surface area (Å²) < 4.78 is 0. The van der Waals surface area contributed by atoms with Crippen LogP contribution >= 0.6 is 0 Å². The summed E-state index contributed by atoms with van der Waals surface area (Å²) in [5.41, 5.74) is 1.50. The second-order valence-electron chi connectivity index (χ2n) is 7.98. The maximum absolute atomic E-state index is 2.63. The number of rotatable bonds is 0. The van der Waals surface area contributed by atoms with Crippen LogP contribution in [0.3, 0.4) is 0 Å². The Hall–Kier alpha value is 0. The van der Waals surface area contributed by atoms with E-state index in [1.165, 1.54) is 6.42 Å². The predicted molar refractivity (Wildman–Crippen MR) is 62.4 cm³/mol. The highest BCUT2D eigenvalue weighted by Crippen LogP contribution is 2.79. The van der Waals surface area contributed by atoms with Crippen LogP contribution in [0.4, 0.5) is 0 Å².